The van der Waals surface area contributed by atoms with E-state index in [0.717, 1.165) is 0 Å². The molecule has 1 atom stereocenters. The van der Waals surface area contributed by atoms with Gasteiger partial charge < -0.3 is 9.47 Å². The summed E-state index contributed by atoms with van der Waals surface area (Å²) in [5.41, 5.74) is -0.214. The lowest BCUT2D eigenvalue weighted by atomic mass is 10.2. The number of halogens is 3. The van der Waals surface area contributed by atoms with E-state index in [1.165, 1.54) is 25.3 Å². The van der Waals surface area contributed by atoms with Gasteiger partial charge in [-0.2, -0.15) is 13.2 Å². The average molecular weight is 273 g/mol. The summed E-state index contributed by atoms with van der Waals surface area (Å²) in [5.74, 6) is 0.814. The molecule has 0 N–H and O–H groups in total. The molecule has 19 heavy (non-hydrogen) atoms. The molecule has 102 valence electrons. The molecule has 1 aromatic heterocycles. The fourth-order valence-electron chi connectivity index (χ4n) is 1.07. The summed E-state index contributed by atoms with van der Waals surface area (Å²) in [5, 5.41) is 0. The Labute approximate surface area is 107 Å². The van der Waals surface area contributed by atoms with Crippen molar-refractivity contribution < 1.29 is 27.4 Å². The molecule has 0 radical (unpaired) electrons. The summed E-state index contributed by atoms with van der Waals surface area (Å²) in [6, 6.07) is 2.61. The maximum absolute atomic E-state index is 12.0. The lowest BCUT2D eigenvalue weighted by Gasteiger charge is -2.12. The number of hydrogen-bond acceptors (Lipinski definition) is 4. The molecule has 0 fully saturated rings. The summed E-state index contributed by atoms with van der Waals surface area (Å²) in [7, 11) is 0. The minimum Gasteiger partial charge on any atom is -0.467 e. The van der Waals surface area contributed by atoms with E-state index in [2.05, 4.69) is 15.6 Å². The van der Waals surface area contributed by atoms with Gasteiger partial charge in [0.15, 0.2) is 12.7 Å². The highest BCUT2D eigenvalue weighted by molar-refractivity contribution is 5.92. The van der Waals surface area contributed by atoms with Crippen molar-refractivity contribution in [3.05, 3.63) is 23.9 Å². The van der Waals surface area contributed by atoms with Crippen LogP contribution >= 0.6 is 0 Å². The predicted molar refractivity (Wildman–Crippen MR) is 59.5 cm³/mol. The number of aromatic nitrogens is 1. The van der Waals surface area contributed by atoms with Crippen LogP contribution in [0.5, 0.6) is 5.88 Å². The molecule has 1 heterocycles. The fourth-order valence-corrected chi connectivity index (χ4v) is 1.07. The Balaban J connectivity index is 2.84. The Kier molecular flexibility index (Phi) is 4.75. The van der Waals surface area contributed by atoms with Crippen LogP contribution in [0.25, 0.3) is 0 Å². The number of ether oxygens (including phenoxy) is 2. The zero-order valence-electron chi connectivity index (χ0n) is 9.90. The first-order valence-electron chi connectivity index (χ1n) is 5.15. The monoisotopic (exact) mass is 273 g/mol. The number of nitrogens with zero attached hydrogens (tertiary/aromatic N) is 1. The van der Waals surface area contributed by atoms with Gasteiger partial charge in [0.25, 0.3) is 0 Å². The minimum atomic E-state index is -4.52. The second kappa shape index (κ2) is 6.09. The van der Waals surface area contributed by atoms with Crippen LogP contribution in [-0.2, 0) is 4.74 Å². The van der Waals surface area contributed by atoms with Crippen molar-refractivity contribution >= 4 is 5.97 Å². The Bertz CT molecular complexity index is 494. The predicted octanol–water partition coefficient (Wildman–Crippen LogP) is 2.20. The molecular formula is C12H10F3NO3. The van der Waals surface area contributed by atoms with Gasteiger partial charge in [-0.3, -0.25) is 0 Å². The highest BCUT2D eigenvalue weighted by Crippen LogP contribution is 2.20. The lowest BCUT2D eigenvalue weighted by Crippen LogP contribution is -2.21. The fraction of sp³-hybridized carbons (Fsp3) is 0.333. The van der Waals surface area contributed by atoms with Crippen LogP contribution in [0.4, 0.5) is 13.2 Å². The molecular weight excluding hydrogens is 263 g/mol. The van der Waals surface area contributed by atoms with Gasteiger partial charge in [0.05, 0.1) is 0 Å². The van der Waals surface area contributed by atoms with Gasteiger partial charge in [0.1, 0.15) is 5.56 Å². The number of carbonyl (C=O) groups excluding carboxylic acids is 1. The van der Waals surface area contributed by atoms with E-state index in [1.807, 2.05) is 0 Å². The highest BCUT2D eigenvalue weighted by atomic mass is 19.4. The normalized spacial score (nSPS) is 12.4. The number of hydrogen-bond donors (Lipinski definition) is 0. The third-order valence-electron chi connectivity index (χ3n) is 1.88. The maximum Gasteiger partial charge on any atom is 0.422 e. The number of alkyl halides is 3. The van der Waals surface area contributed by atoms with Crippen LogP contribution < -0.4 is 4.74 Å². The topological polar surface area (TPSA) is 48.4 Å². The van der Waals surface area contributed by atoms with Crippen molar-refractivity contribution in [2.75, 3.05) is 6.61 Å². The van der Waals surface area contributed by atoms with Crippen molar-refractivity contribution in [2.45, 2.75) is 19.2 Å². The van der Waals surface area contributed by atoms with Crippen LogP contribution in [0.3, 0.4) is 0 Å². The maximum atomic E-state index is 12.0. The SMILES string of the molecule is C#C[C@H](C)OC(=O)c1cccnc1OCC(F)(F)F. The average Bonchev–Trinajstić information content (AvgIpc) is 2.35. The molecule has 7 heteroatoms. The van der Waals surface area contributed by atoms with Crippen molar-refractivity contribution in [3.8, 4) is 18.2 Å². The summed E-state index contributed by atoms with van der Waals surface area (Å²) >= 11 is 0. The van der Waals surface area contributed by atoms with E-state index in [4.69, 9.17) is 11.2 Å². The molecule has 0 spiro atoms. The van der Waals surface area contributed by atoms with Gasteiger partial charge in [-0.15, -0.1) is 6.42 Å². The highest BCUT2D eigenvalue weighted by Gasteiger charge is 2.29. The van der Waals surface area contributed by atoms with E-state index in [0.29, 0.717) is 0 Å². The first kappa shape index (κ1) is 14.8. The summed E-state index contributed by atoms with van der Waals surface area (Å²) in [4.78, 5) is 15.2. The van der Waals surface area contributed by atoms with E-state index >= 15 is 0 Å². The van der Waals surface area contributed by atoms with Gasteiger partial charge in [-0.05, 0) is 19.1 Å². The molecule has 0 saturated heterocycles. The van der Waals surface area contributed by atoms with E-state index < -0.39 is 30.7 Å². The van der Waals surface area contributed by atoms with Gasteiger partial charge in [-0.25, -0.2) is 9.78 Å². The third kappa shape index (κ3) is 4.87. The van der Waals surface area contributed by atoms with Crippen LogP contribution in [0, 0.1) is 12.3 Å². The van der Waals surface area contributed by atoms with Crippen LogP contribution in [0.1, 0.15) is 17.3 Å². The Morgan fingerprint density at radius 1 is 1.58 bits per heavy atom. The molecule has 0 aliphatic rings. The quantitative estimate of drug-likeness (QED) is 0.623. The van der Waals surface area contributed by atoms with Crippen molar-refractivity contribution in [1.29, 1.82) is 0 Å². The van der Waals surface area contributed by atoms with Gasteiger partial charge in [-0.1, -0.05) is 5.92 Å². The zero-order chi connectivity index (χ0) is 14.5. The lowest BCUT2D eigenvalue weighted by molar-refractivity contribution is -0.154. The molecule has 4 nitrogen and oxygen atoms in total. The number of terminal acetylenes is 1. The largest absolute Gasteiger partial charge is 0.467 e. The van der Waals surface area contributed by atoms with E-state index in [1.54, 1.807) is 0 Å². The van der Waals surface area contributed by atoms with Crippen molar-refractivity contribution in [1.82, 2.24) is 4.98 Å². The molecule has 0 bridgehead atoms. The van der Waals surface area contributed by atoms with E-state index in [-0.39, 0.29) is 5.56 Å². The molecule has 0 aliphatic heterocycles. The molecule has 0 aromatic carbocycles. The molecule has 0 saturated carbocycles. The summed E-state index contributed by atoms with van der Waals surface area (Å²) in [6.45, 7) is -0.0977. The first-order chi connectivity index (χ1) is 8.83. The summed E-state index contributed by atoms with van der Waals surface area (Å²) < 4.78 is 45.4. The molecule has 0 unspecified atom stereocenters. The standard InChI is InChI=1S/C12H10F3NO3/c1-3-8(2)19-11(17)9-5-4-6-16-10(9)18-7-12(13,14)15/h1,4-6,8H,7H2,2H3/t8-/m0/s1. The molecule has 1 rings (SSSR count). The molecule has 1 aromatic rings. The van der Waals surface area contributed by atoms with Crippen LogP contribution in [0.15, 0.2) is 18.3 Å². The molecule has 0 amide bonds. The van der Waals surface area contributed by atoms with Gasteiger partial charge >= 0.3 is 12.1 Å². The van der Waals surface area contributed by atoms with Crippen molar-refractivity contribution in [2.24, 2.45) is 0 Å². The Morgan fingerprint density at radius 3 is 2.84 bits per heavy atom. The second-order valence-electron chi connectivity index (χ2n) is 3.47. The van der Waals surface area contributed by atoms with E-state index in [9.17, 15) is 18.0 Å². The number of carbonyl (C=O) groups is 1. The Morgan fingerprint density at radius 2 is 2.26 bits per heavy atom. The van der Waals surface area contributed by atoms with Crippen molar-refractivity contribution in [3.63, 3.8) is 0 Å². The first-order valence-corrected chi connectivity index (χ1v) is 5.15. The summed E-state index contributed by atoms with van der Waals surface area (Å²) in [6.07, 6.45) is 0.905. The third-order valence-corrected chi connectivity index (χ3v) is 1.88. The van der Waals surface area contributed by atoms with Gasteiger partial charge in [0, 0.05) is 6.20 Å². The van der Waals surface area contributed by atoms with Gasteiger partial charge in [0.2, 0.25) is 5.88 Å². The number of pyridine rings is 1. The number of rotatable bonds is 4. The smallest absolute Gasteiger partial charge is 0.422 e. The van der Waals surface area contributed by atoms with Crippen LogP contribution in [-0.4, -0.2) is 29.8 Å². The second-order valence-corrected chi connectivity index (χ2v) is 3.47. The van der Waals surface area contributed by atoms with Crippen LogP contribution in [0.2, 0.25) is 0 Å². The Hall–Kier alpha value is -2.23. The number of esters is 1. The zero-order valence-corrected chi connectivity index (χ0v) is 9.90. The molecule has 0 aliphatic carbocycles. The minimum absolute atomic E-state index is 0.214.